The molecule has 0 fully saturated rings. The van der Waals surface area contributed by atoms with Gasteiger partial charge in [-0.25, -0.2) is 4.79 Å². The number of aromatic amines is 1. The summed E-state index contributed by atoms with van der Waals surface area (Å²) in [6.45, 7) is -0.263. The van der Waals surface area contributed by atoms with E-state index >= 15 is 0 Å². The van der Waals surface area contributed by atoms with Crippen molar-refractivity contribution in [1.29, 1.82) is 0 Å². The first-order valence-electron chi connectivity index (χ1n) is 6.95. The molecule has 0 bridgehead atoms. The van der Waals surface area contributed by atoms with Crippen LogP contribution in [0.3, 0.4) is 0 Å². The van der Waals surface area contributed by atoms with E-state index in [4.69, 9.17) is 0 Å². The summed E-state index contributed by atoms with van der Waals surface area (Å²) >= 11 is 0. The Morgan fingerprint density at radius 1 is 1.29 bits per heavy atom. The number of H-pyrrole nitrogens is 1. The first-order valence-corrected chi connectivity index (χ1v) is 6.95. The predicted molar refractivity (Wildman–Crippen MR) is 84.2 cm³/mol. The molecule has 0 aliphatic rings. The molecule has 10 heteroatoms. The monoisotopic (exact) mass is 327 g/mol. The molecule has 0 aliphatic heterocycles. The van der Waals surface area contributed by atoms with Gasteiger partial charge in [0.1, 0.15) is 12.2 Å². The van der Waals surface area contributed by atoms with Crippen molar-refractivity contribution in [2.45, 2.75) is 6.54 Å². The SMILES string of the molecule is Cn1c(=O)ccn(CC(=O)Nc2n[nH]c(-c3ccccn3)n2)c1=O. The van der Waals surface area contributed by atoms with E-state index in [-0.39, 0.29) is 12.5 Å². The van der Waals surface area contributed by atoms with Gasteiger partial charge >= 0.3 is 5.69 Å². The average molecular weight is 327 g/mol. The molecular formula is C14H13N7O3. The minimum absolute atomic E-state index is 0.0681. The van der Waals surface area contributed by atoms with Crippen LogP contribution in [0.4, 0.5) is 5.95 Å². The van der Waals surface area contributed by atoms with Crippen LogP contribution < -0.4 is 16.6 Å². The lowest BCUT2D eigenvalue weighted by Crippen LogP contribution is -2.39. The van der Waals surface area contributed by atoms with Crippen LogP contribution in [0.5, 0.6) is 0 Å². The minimum Gasteiger partial charge on any atom is -0.292 e. The first-order chi connectivity index (χ1) is 11.5. The van der Waals surface area contributed by atoms with Gasteiger partial charge in [0.05, 0.1) is 0 Å². The number of rotatable bonds is 4. The normalized spacial score (nSPS) is 10.5. The van der Waals surface area contributed by atoms with Gasteiger partial charge < -0.3 is 0 Å². The van der Waals surface area contributed by atoms with Crippen LogP contribution >= 0.6 is 0 Å². The van der Waals surface area contributed by atoms with Gasteiger partial charge in [-0.2, -0.15) is 4.98 Å². The zero-order valence-electron chi connectivity index (χ0n) is 12.6. The van der Waals surface area contributed by atoms with E-state index in [2.05, 4.69) is 25.5 Å². The number of amides is 1. The molecule has 0 radical (unpaired) electrons. The lowest BCUT2D eigenvalue weighted by atomic mass is 10.3. The molecule has 24 heavy (non-hydrogen) atoms. The number of aromatic nitrogens is 6. The van der Waals surface area contributed by atoms with Gasteiger partial charge in [0.15, 0.2) is 5.82 Å². The van der Waals surface area contributed by atoms with Crippen LogP contribution in [0.2, 0.25) is 0 Å². The number of pyridine rings is 1. The van der Waals surface area contributed by atoms with Crippen molar-refractivity contribution in [2.24, 2.45) is 7.05 Å². The summed E-state index contributed by atoms with van der Waals surface area (Å²) in [4.78, 5) is 43.4. The molecule has 0 aliphatic carbocycles. The summed E-state index contributed by atoms with van der Waals surface area (Å²) in [7, 11) is 1.34. The second kappa shape index (κ2) is 6.28. The quantitative estimate of drug-likeness (QED) is 0.656. The van der Waals surface area contributed by atoms with E-state index < -0.39 is 17.2 Å². The summed E-state index contributed by atoms with van der Waals surface area (Å²) in [5, 5.41) is 9.02. The fraction of sp³-hybridized carbons (Fsp3) is 0.143. The number of nitrogens with one attached hydrogen (secondary N) is 2. The lowest BCUT2D eigenvalue weighted by Gasteiger charge is -2.05. The Morgan fingerprint density at radius 2 is 2.12 bits per heavy atom. The van der Waals surface area contributed by atoms with Crippen molar-refractivity contribution >= 4 is 11.9 Å². The van der Waals surface area contributed by atoms with E-state index in [1.165, 1.54) is 19.3 Å². The standard InChI is InChI=1S/C14H13N7O3/c1-20-11(23)5-7-21(14(20)24)8-10(22)16-13-17-12(18-19-13)9-4-2-3-6-15-9/h2-7H,8H2,1H3,(H2,16,17,18,19,22). The Hall–Kier alpha value is -3.56. The van der Waals surface area contributed by atoms with Crippen molar-refractivity contribution in [3.63, 3.8) is 0 Å². The second-order valence-electron chi connectivity index (χ2n) is 4.89. The number of carbonyl (C=O) groups is 1. The van der Waals surface area contributed by atoms with Crippen molar-refractivity contribution in [1.82, 2.24) is 29.3 Å². The lowest BCUT2D eigenvalue weighted by molar-refractivity contribution is -0.116. The maximum atomic E-state index is 12.0. The van der Waals surface area contributed by atoms with E-state index in [1.54, 1.807) is 24.4 Å². The van der Waals surface area contributed by atoms with Crippen LogP contribution in [0.15, 0.2) is 46.2 Å². The van der Waals surface area contributed by atoms with Crippen molar-refractivity contribution < 1.29 is 4.79 Å². The largest absolute Gasteiger partial charge is 0.331 e. The van der Waals surface area contributed by atoms with Crippen LogP contribution in [-0.2, 0) is 18.4 Å². The number of carbonyl (C=O) groups excluding carboxylic acids is 1. The molecule has 3 rings (SSSR count). The smallest absolute Gasteiger partial charge is 0.292 e. The van der Waals surface area contributed by atoms with Gasteiger partial charge in [0, 0.05) is 25.5 Å². The van der Waals surface area contributed by atoms with Crippen LogP contribution in [0.25, 0.3) is 11.5 Å². The molecule has 0 aromatic carbocycles. The van der Waals surface area contributed by atoms with Gasteiger partial charge in [-0.05, 0) is 12.1 Å². The number of hydrogen-bond donors (Lipinski definition) is 2. The van der Waals surface area contributed by atoms with Crippen molar-refractivity contribution in [3.8, 4) is 11.5 Å². The Balaban J connectivity index is 1.72. The minimum atomic E-state index is -0.582. The molecule has 122 valence electrons. The van der Waals surface area contributed by atoms with Crippen LogP contribution in [0, 0.1) is 0 Å². The molecule has 0 saturated carbocycles. The third-order valence-corrected chi connectivity index (χ3v) is 3.22. The van der Waals surface area contributed by atoms with Gasteiger partial charge in [-0.1, -0.05) is 6.07 Å². The Labute approximate surface area is 134 Å². The van der Waals surface area contributed by atoms with Crippen LogP contribution in [0.1, 0.15) is 0 Å². The summed E-state index contributed by atoms with van der Waals surface area (Å²) in [6.07, 6.45) is 2.88. The Bertz CT molecular complexity index is 987. The van der Waals surface area contributed by atoms with E-state index in [0.29, 0.717) is 11.5 Å². The third kappa shape index (κ3) is 3.11. The summed E-state index contributed by atoms with van der Waals surface area (Å²) in [6, 6.07) is 6.53. The third-order valence-electron chi connectivity index (χ3n) is 3.22. The summed E-state index contributed by atoms with van der Waals surface area (Å²) < 4.78 is 2.03. The zero-order valence-corrected chi connectivity index (χ0v) is 12.6. The molecule has 0 spiro atoms. The van der Waals surface area contributed by atoms with E-state index in [0.717, 1.165) is 9.13 Å². The first kappa shape index (κ1) is 15.3. The number of hydrogen-bond acceptors (Lipinski definition) is 6. The molecule has 1 amide bonds. The summed E-state index contributed by atoms with van der Waals surface area (Å²) in [5.41, 5.74) is -0.438. The highest BCUT2D eigenvalue weighted by Crippen LogP contribution is 2.11. The molecular weight excluding hydrogens is 314 g/mol. The number of anilines is 1. The fourth-order valence-corrected chi connectivity index (χ4v) is 1.99. The van der Waals surface area contributed by atoms with Crippen LogP contribution in [-0.4, -0.2) is 35.2 Å². The highest BCUT2D eigenvalue weighted by molar-refractivity contribution is 5.88. The summed E-state index contributed by atoms with van der Waals surface area (Å²) in [5.74, 6) is -0.0222. The van der Waals surface area contributed by atoms with Gasteiger partial charge in [0.25, 0.3) is 5.56 Å². The molecule has 3 heterocycles. The van der Waals surface area contributed by atoms with Gasteiger partial charge in [-0.3, -0.25) is 34.1 Å². The molecule has 3 aromatic rings. The Kier molecular flexibility index (Phi) is 4.01. The number of nitrogens with zero attached hydrogens (tertiary/aromatic N) is 5. The average Bonchev–Trinajstić information content (AvgIpc) is 3.04. The molecule has 10 nitrogen and oxygen atoms in total. The Morgan fingerprint density at radius 3 is 2.88 bits per heavy atom. The molecule has 0 saturated heterocycles. The maximum Gasteiger partial charge on any atom is 0.331 e. The maximum absolute atomic E-state index is 12.0. The topological polar surface area (TPSA) is 128 Å². The predicted octanol–water partition coefficient (Wildman–Crippen LogP) is -0.634. The van der Waals surface area contributed by atoms with Crippen molar-refractivity contribution in [2.75, 3.05) is 5.32 Å². The second-order valence-corrected chi connectivity index (χ2v) is 4.89. The molecule has 2 N–H and O–H groups in total. The zero-order chi connectivity index (χ0) is 17.1. The van der Waals surface area contributed by atoms with Crippen molar-refractivity contribution in [3.05, 3.63) is 57.5 Å². The van der Waals surface area contributed by atoms with Gasteiger partial charge in [0.2, 0.25) is 11.9 Å². The highest BCUT2D eigenvalue weighted by atomic mass is 16.2. The van der Waals surface area contributed by atoms with Gasteiger partial charge in [-0.15, -0.1) is 5.10 Å². The van der Waals surface area contributed by atoms with E-state index in [9.17, 15) is 14.4 Å². The van der Waals surface area contributed by atoms with E-state index in [1.807, 2.05) is 0 Å². The highest BCUT2D eigenvalue weighted by Gasteiger charge is 2.11. The molecule has 3 aromatic heterocycles. The fourth-order valence-electron chi connectivity index (χ4n) is 1.99. The molecule has 0 unspecified atom stereocenters. The molecule has 0 atom stereocenters.